The van der Waals surface area contributed by atoms with E-state index in [2.05, 4.69) is 5.32 Å². The van der Waals surface area contributed by atoms with Gasteiger partial charge in [0.25, 0.3) is 5.91 Å². The number of carbonyl (C=O) groups excluding carboxylic acids is 2. The Kier molecular flexibility index (Phi) is 4.20. The van der Waals surface area contributed by atoms with E-state index < -0.39 is 5.97 Å². The zero-order valence-electron chi connectivity index (χ0n) is 15.2. The number of hydrogen-bond donors (Lipinski definition) is 2. The summed E-state index contributed by atoms with van der Waals surface area (Å²) >= 11 is 0. The van der Waals surface area contributed by atoms with E-state index in [1.54, 1.807) is 28.0 Å². The van der Waals surface area contributed by atoms with Crippen LogP contribution in [0.15, 0.2) is 18.2 Å². The van der Waals surface area contributed by atoms with E-state index in [1.165, 1.54) is 7.11 Å². The van der Waals surface area contributed by atoms with Crippen molar-refractivity contribution >= 4 is 23.6 Å². The second-order valence-electron chi connectivity index (χ2n) is 7.52. The van der Waals surface area contributed by atoms with Crippen molar-refractivity contribution in [2.24, 2.45) is 11.3 Å². The number of hydrogen-bond acceptors (Lipinski definition) is 4. The van der Waals surface area contributed by atoms with Gasteiger partial charge in [-0.1, -0.05) is 0 Å². The molecule has 1 aromatic rings. The first-order valence-corrected chi connectivity index (χ1v) is 9.21. The Hall–Kier alpha value is -2.77. The SMILES string of the molecule is COc1ccc(C(=O)N2CCC3(CC2)CC3C(=O)O)cc1N1CCNC1=O. The van der Waals surface area contributed by atoms with Crippen molar-refractivity contribution in [3.8, 4) is 5.75 Å². The zero-order chi connectivity index (χ0) is 19.2. The van der Waals surface area contributed by atoms with Crippen LogP contribution in [0, 0.1) is 11.3 Å². The lowest BCUT2D eigenvalue weighted by Gasteiger charge is -2.33. The minimum Gasteiger partial charge on any atom is -0.495 e. The molecule has 3 fully saturated rings. The fourth-order valence-electron chi connectivity index (χ4n) is 4.32. The number of nitrogens with zero attached hydrogens (tertiary/aromatic N) is 2. The van der Waals surface area contributed by atoms with Crippen molar-refractivity contribution in [3.63, 3.8) is 0 Å². The number of aliphatic carboxylic acids is 1. The van der Waals surface area contributed by atoms with Gasteiger partial charge < -0.3 is 20.1 Å². The minimum atomic E-state index is -0.724. The Morgan fingerprint density at radius 3 is 2.56 bits per heavy atom. The number of anilines is 1. The van der Waals surface area contributed by atoms with Crippen molar-refractivity contribution in [3.05, 3.63) is 23.8 Å². The Morgan fingerprint density at radius 1 is 1.26 bits per heavy atom. The van der Waals surface area contributed by atoms with Crippen LogP contribution in [0.25, 0.3) is 0 Å². The Balaban J connectivity index is 1.49. The van der Waals surface area contributed by atoms with Gasteiger partial charge in [-0.3, -0.25) is 14.5 Å². The fourth-order valence-corrected chi connectivity index (χ4v) is 4.32. The van der Waals surface area contributed by atoms with Crippen LogP contribution < -0.4 is 15.0 Å². The number of nitrogens with one attached hydrogen (secondary N) is 1. The number of likely N-dealkylation sites (tertiary alicyclic amines) is 1. The molecule has 1 aromatic carbocycles. The molecule has 2 N–H and O–H groups in total. The maximum Gasteiger partial charge on any atom is 0.322 e. The summed E-state index contributed by atoms with van der Waals surface area (Å²) in [4.78, 5) is 39.5. The number of carboxylic acids is 1. The van der Waals surface area contributed by atoms with E-state index >= 15 is 0 Å². The summed E-state index contributed by atoms with van der Waals surface area (Å²) in [6.07, 6.45) is 2.18. The van der Waals surface area contributed by atoms with Crippen LogP contribution in [0.5, 0.6) is 5.75 Å². The maximum atomic E-state index is 12.9. The topological polar surface area (TPSA) is 99.2 Å². The molecule has 144 valence electrons. The predicted octanol–water partition coefficient (Wildman–Crippen LogP) is 1.55. The lowest BCUT2D eigenvalue weighted by Crippen LogP contribution is -2.40. The molecule has 0 radical (unpaired) electrons. The molecule has 0 bridgehead atoms. The highest BCUT2D eigenvalue weighted by molar-refractivity contribution is 6.00. The average molecular weight is 373 g/mol. The van der Waals surface area contributed by atoms with Gasteiger partial charge in [-0.25, -0.2) is 4.79 Å². The molecule has 3 amide bonds. The van der Waals surface area contributed by atoms with Crippen LogP contribution in [0.4, 0.5) is 10.5 Å². The monoisotopic (exact) mass is 373 g/mol. The smallest absolute Gasteiger partial charge is 0.322 e. The first-order chi connectivity index (χ1) is 12.9. The number of amides is 3. The summed E-state index contributed by atoms with van der Waals surface area (Å²) in [6, 6.07) is 4.92. The molecule has 27 heavy (non-hydrogen) atoms. The first-order valence-electron chi connectivity index (χ1n) is 9.21. The average Bonchev–Trinajstić information content (AvgIpc) is 3.21. The van der Waals surface area contributed by atoms with E-state index in [0.29, 0.717) is 43.2 Å². The molecule has 1 spiro atoms. The maximum absolute atomic E-state index is 12.9. The third-order valence-corrected chi connectivity index (χ3v) is 6.11. The molecule has 2 saturated heterocycles. The molecule has 1 saturated carbocycles. The van der Waals surface area contributed by atoms with Gasteiger partial charge in [0.2, 0.25) is 0 Å². The predicted molar refractivity (Wildman–Crippen MR) is 97.1 cm³/mol. The third-order valence-electron chi connectivity index (χ3n) is 6.11. The molecule has 4 rings (SSSR count). The standard InChI is InChI=1S/C19H23N3O5/c1-27-15-3-2-12(10-14(15)22-9-6-20-18(22)26)16(23)21-7-4-19(5-8-21)11-13(19)17(24)25/h2-3,10,13H,4-9,11H2,1H3,(H,20,26)(H,24,25). The number of carboxylic acid groups (broad SMARTS) is 1. The molecule has 1 unspecified atom stereocenters. The van der Waals surface area contributed by atoms with Gasteiger partial charge in [-0.05, 0) is 42.9 Å². The number of carbonyl (C=O) groups is 3. The minimum absolute atomic E-state index is 0.0964. The van der Waals surface area contributed by atoms with Crippen LogP contribution in [0.1, 0.15) is 29.6 Å². The summed E-state index contributed by atoms with van der Waals surface area (Å²) in [7, 11) is 1.53. The summed E-state index contributed by atoms with van der Waals surface area (Å²) in [6.45, 7) is 2.21. The second-order valence-corrected chi connectivity index (χ2v) is 7.52. The highest BCUT2D eigenvalue weighted by Crippen LogP contribution is 2.59. The molecule has 2 heterocycles. The van der Waals surface area contributed by atoms with Crippen LogP contribution in [0.2, 0.25) is 0 Å². The van der Waals surface area contributed by atoms with E-state index in [4.69, 9.17) is 4.74 Å². The van der Waals surface area contributed by atoms with Crippen LogP contribution >= 0.6 is 0 Å². The highest BCUT2D eigenvalue weighted by Gasteiger charge is 2.59. The zero-order valence-corrected chi connectivity index (χ0v) is 15.2. The number of piperidine rings is 1. The van der Waals surface area contributed by atoms with Crippen molar-refractivity contribution in [2.45, 2.75) is 19.3 Å². The largest absolute Gasteiger partial charge is 0.495 e. The quantitative estimate of drug-likeness (QED) is 0.834. The van der Waals surface area contributed by atoms with Gasteiger partial charge in [-0.15, -0.1) is 0 Å². The van der Waals surface area contributed by atoms with Crippen molar-refractivity contribution in [2.75, 3.05) is 38.2 Å². The van der Waals surface area contributed by atoms with Crippen LogP contribution in [0.3, 0.4) is 0 Å². The number of rotatable bonds is 4. The van der Waals surface area contributed by atoms with Crippen LogP contribution in [-0.4, -0.2) is 61.2 Å². The van der Waals surface area contributed by atoms with Gasteiger partial charge in [0.15, 0.2) is 0 Å². The molecule has 2 aliphatic heterocycles. The number of methoxy groups -OCH3 is 1. The van der Waals surface area contributed by atoms with Gasteiger partial charge in [-0.2, -0.15) is 0 Å². The van der Waals surface area contributed by atoms with E-state index in [1.807, 2.05) is 0 Å². The molecular weight excluding hydrogens is 350 g/mol. The Bertz CT molecular complexity index is 801. The molecule has 0 aromatic heterocycles. The second kappa shape index (κ2) is 6.44. The lowest BCUT2D eigenvalue weighted by molar-refractivity contribution is -0.139. The first kappa shape index (κ1) is 17.6. The molecule has 1 aliphatic carbocycles. The summed E-state index contributed by atoms with van der Waals surface area (Å²) in [5.41, 5.74) is 0.980. The normalized spacial score (nSPS) is 23.3. The van der Waals surface area contributed by atoms with Gasteiger partial charge in [0.05, 0.1) is 18.7 Å². The summed E-state index contributed by atoms with van der Waals surface area (Å²) in [5, 5.41) is 11.9. The van der Waals surface area contributed by atoms with Gasteiger partial charge in [0.1, 0.15) is 5.75 Å². The van der Waals surface area contributed by atoms with Crippen LogP contribution in [-0.2, 0) is 4.79 Å². The fraction of sp³-hybridized carbons (Fsp3) is 0.526. The van der Waals surface area contributed by atoms with Crippen molar-refractivity contribution < 1.29 is 24.2 Å². The van der Waals surface area contributed by atoms with Gasteiger partial charge >= 0.3 is 12.0 Å². The lowest BCUT2D eigenvalue weighted by atomic mass is 9.90. The molecule has 3 aliphatic rings. The van der Waals surface area contributed by atoms with Crippen molar-refractivity contribution in [1.82, 2.24) is 10.2 Å². The number of ether oxygens (including phenoxy) is 1. The summed E-state index contributed by atoms with van der Waals surface area (Å²) < 4.78 is 5.35. The van der Waals surface area contributed by atoms with E-state index in [-0.39, 0.29) is 23.3 Å². The molecular formula is C19H23N3O5. The van der Waals surface area contributed by atoms with Gasteiger partial charge in [0, 0.05) is 31.7 Å². The summed E-state index contributed by atoms with van der Waals surface area (Å²) in [5.74, 6) is -0.529. The molecule has 8 nitrogen and oxygen atoms in total. The highest BCUT2D eigenvalue weighted by atomic mass is 16.5. The third kappa shape index (κ3) is 2.98. The number of benzene rings is 1. The Labute approximate surface area is 157 Å². The number of urea groups is 1. The Morgan fingerprint density at radius 2 is 2.00 bits per heavy atom. The van der Waals surface area contributed by atoms with E-state index in [0.717, 1.165) is 19.3 Å². The molecule has 1 atom stereocenters. The van der Waals surface area contributed by atoms with Crippen molar-refractivity contribution in [1.29, 1.82) is 0 Å². The van der Waals surface area contributed by atoms with E-state index in [9.17, 15) is 19.5 Å². The molecule has 8 heteroatoms.